The molecule has 0 aliphatic rings. The van der Waals surface area contributed by atoms with Crippen LogP contribution >= 0.6 is 15.9 Å². The molecule has 1 unspecified atom stereocenters. The van der Waals surface area contributed by atoms with Gasteiger partial charge < -0.3 is 9.84 Å². The molecule has 0 amide bonds. The lowest BCUT2D eigenvalue weighted by molar-refractivity contribution is -0.161. The van der Waals surface area contributed by atoms with Gasteiger partial charge in [0.1, 0.15) is 0 Å². The van der Waals surface area contributed by atoms with Gasteiger partial charge in [0, 0.05) is 4.47 Å². The monoisotopic (exact) mass is 354 g/mol. The predicted octanol–water partition coefficient (Wildman–Crippen LogP) is 3.69. The number of hydrogen-bond donors (Lipinski definition) is 1. The maximum atomic E-state index is 12.4. The molecule has 1 N–H and O–H groups in total. The van der Waals surface area contributed by atoms with E-state index in [1.165, 1.54) is 0 Å². The second-order valence-corrected chi connectivity index (χ2v) is 5.64. The Kier molecular flexibility index (Phi) is 6.15. The van der Waals surface area contributed by atoms with Crippen LogP contribution in [-0.4, -0.2) is 23.7 Å². The topological polar surface area (TPSA) is 63.6 Å². The van der Waals surface area contributed by atoms with E-state index in [1.54, 1.807) is 31.2 Å². The number of carboxylic acid groups (broad SMARTS) is 1. The number of rotatable bonds is 7. The summed E-state index contributed by atoms with van der Waals surface area (Å²) in [5, 5.41) is 9.75. The zero-order valence-electron chi connectivity index (χ0n) is 12.2. The zero-order chi connectivity index (χ0) is 16.0. The second-order valence-electron chi connectivity index (χ2n) is 4.72. The van der Waals surface area contributed by atoms with Gasteiger partial charge in [-0.05, 0) is 37.5 Å². The van der Waals surface area contributed by atoms with Crippen LogP contribution in [0.4, 0.5) is 0 Å². The lowest BCUT2D eigenvalue weighted by Crippen LogP contribution is -2.45. The van der Waals surface area contributed by atoms with Crippen LogP contribution in [0.5, 0.6) is 0 Å². The molecule has 0 heterocycles. The molecule has 0 aliphatic heterocycles. The molecule has 114 valence electrons. The van der Waals surface area contributed by atoms with Crippen LogP contribution in [0.3, 0.4) is 0 Å². The SMILES string of the molecule is C=C(CC)CC(C(=O)O)(C(=O)OCC)c1cccc(Br)c1. The average Bonchev–Trinajstić information content (AvgIpc) is 2.44. The van der Waals surface area contributed by atoms with Crippen LogP contribution in [0.25, 0.3) is 0 Å². The maximum Gasteiger partial charge on any atom is 0.328 e. The van der Waals surface area contributed by atoms with Gasteiger partial charge in [0.25, 0.3) is 0 Å². The first-order valence-corrected chi connectivity index (χ1v) is 7.51. The highest BCUT2D eigenvalue weighted by Gasteiger charge is 2.49. The summed E-state index contributed by atoms with van der Waals surface area (Å²) in [7, 11) is 0. The van der Waals surface area contributed by atoms with Gasteiger partial charge in [-0.1, -0.05) is 47.1 Å². The number of benzene rings is 1. The Morgan fingerprint density at radius 1 is 1.38 bits per heavy atom. The molecule has 4 nitrogen and oxygen atoms in total. The summed E-state index contributed by atoms with van der Waals surface area (Å²) < 4.78 is 5.74. The number of hydrogen-bond acceptors (Lipinski definition) is 3. The lowest BCUT2D eigenvalue weighted by Gasteiger charge is -2.28. The van der Waals surface area contributed by atoms with E-state index < -0.39 is 17.4 Å². The van der Waals surface area contributed by atoms with Crippen LogP contribution in [0.1, 0.15) is 32.3 Å². The van der Waals surface area contributed by atoms with Gasteiger partial charge in [0.2, 0.25) is 0 Å². The van der Waals surface area contributed by atoms with Gasteiger partial charge in [0.05, 0.1) is 6.61 Å². The van der Waals surface area contributed by atoms with E-state index in [2.05, 4.69) is 22.5 Å². The third-order valence-electron chi connectivity index (χ3n) is 3.32. The van der Waals surface area contributed by atoms with Gasteiger partial charge >= 0.3 is 11.9 Å². The standard InChI is InChI=1S/C16H19BrO4/c1-4-11(3)10-16(14(18)19,15(20)21-5-2)12-7-6-8-13(17)9-12/h6-9H,3-5,10H2,1-2H3,(H,18,19). The molecule has 1 aromatic rings. The molecule has 0 spiro atoms. The molecule has 0 aromatic heterocycles. The normalized spacial score (nSPS) is 13.3. The van der Waals surface area contributed by atoms with Crippen molar-refractivity contribution in [3.05, 3.63) is 46.5 Å². The number of carbonyl (C=O) groups excluding carboxylic acids is 1. The summed E-state index contributed by atoms with van der Waals surface area (Å²) in [6.45, 7) is 7.50. The van der Waals surface area contributed by atoms with Crippen molar-refractivity contribution in [3.63, 3.8) is 0 Å². The number of ether oxygens (including phenoxy) is 1. The smallest absolute Gasteiger partial charge is 0.328 e. The summed E-state index contributed by atoms with van der Waals surface area (Å²) in [4.78, 5) is 24.4. The van der Waals surface area contributed by atoms with Gasteiger partial charge in [-0.25, -0.2) is 0 Å². The summed E-state index contributed by atoms with van der Waals surface area (Å²) in [5.41, 5.74) is -0.685. The molecule has 0 bridgehead atoms. The first-order chi connectivity index (χ1) is 9.88. The average molecular weight is 355 g/mol. The number of esters is 1. The quantitative estimate of drug-likeness (QED) is 0.460. The van der Waals surface area contributed by atoms with E-state index in [0.717, 1.165) is 0 Å². The fourth-order valence-corrected chi connectivity index (χ4v) is 2.49. The number of carboxylic acids is 1. The number of allylic oxidation sites excluding steroid dienone is 1. The Hall–Kier alpha value is -1.62. The minimum Gasteiger partial charge on any atom is -0.480 e. The molecule has 0 aliphatic carbocycles. The first-order valence-electron chi connectivity index (χ1n) is 6.71. The second kappa shape index (κ2) is 7.41. The highest BCUT2D eigenvalue weighted by Crippen LogP contribution is 2.35. The van der Waals surface area contributed by atoms with Crippen molar-refractivity contribution in [2.24, 2.45) is 0 Å². The Morgan fingerprint density at radius 2 is 2.05 bits per heavy atom. The van der Waals surface area contributed by atoms with Crippen molar-refractivity contribution in [1.29, 1.82) is 0 Å². The van der Waals surface area contributed by atoms with E-state index in [4.69, 9.17) is 4.74 Å². The van der Waals surface area contributed by atoms with Crippen LogP contribution in [0, 0.1) is 0 Å². The molecule has 5 heteroatoms. The zero-order valence-corrected chi connectivity index (χ0v) is 13.8. The van der Waals surface area contributed by atoms with E-state index in [-0.39, 0.29) is 13.0 Å². The maximum absolute atomic E-state index is 12.4. The van der Waals surface area contributed by atoms with Crippen molar-refractivity contribution in [1.82, 2.24) is 0 Å². The first kappa shape index (κ1) is 17.4. The molecule has 1 rings (SSSR count). The van der Waals surface area contributed by atoms with Crippen LogP contribution < -0.4 is 0 Å². The Balaban J connectivity index is 3.47. The number of aliphatic carboxylic acids is 1. The molecule has 21 heavy (non-hydrogen) atoms. The minimum atomic E-state index is -1.76. The Morgan fingerprint density at radius 3 is 2.52 bits per heavy atom. The van der Waals surface area contributed by atoms with Crippen LogP contribution in [-0.2, 0) is 19.7 Å². The molecule has 1 atom stereocenters. The highest BCUT2D eigenvalue weighted by molar-refractivity contribution is 9.10. The van der Waals surface area contributed by atoms with Gasteiger partial charge in [-0.3, -0.25) is 9.59 Å². The fourth-order valence-electron chi connectivity index (χ4n) is 2.09. The van der Waals surface area contributed by atoms with E-state index in [1.807, 2.05) is 6.92 Å². The predicted molar refractivity (Wildman–Crippen MR) is 84.1 cm³/mol. The Labute approximate surface area is 132 Å². The largest absolute Gasteiger partial charge is 0.480 e. The molecule has 1 aromatic carbocycles. The van der Waals surface area contributed by atoms with E-state index >= 15 is 0 Å². The van der Waals surface area contributed by atoms with Gasteiger partial charge in [-0.2, -0.15) is 0 Å². The third kappa shape index (κ3) is 3.73. The summed E-state index contributed by atoms with van der Waals surface area (Å²) in [5.74, 6) is -1.99. The van der Waals surface area contributed by atoms with Crippen LogP contribution in [0.2, 0.25) is 0 Å². The summed E-state index contributed by atoms with van der Waals surface area (Å²) >= 11 is 3.31. The van der Waals surface area contributed by atoms with Crippen molar-refractivity contribution in [2.75, 3.05) is 6.61 Å². The van der Waals surface area contributed by atoms with E-state index in [9.17, 15) is 14.7 Å². The molecular weight excluding hydrogens is 336 g/mol. The number of carbonyl (C=O) groups is 2. The Bertz CT molecular complexity index is 553. The van der Waals surface area contributed by atoms with Crippen molar-refractivity contribution >= 4 is 27.9 Å². The lowest BCUT2D eigenvalue weighted by atomic mass is 9.75. The van der Waals surface area contributed by atoms with Crippen molar-refractivity contribution in [2.45, 2.75) is 32.1 Å². The van der Waals surface area contributed by atoms with E-state index in [0.29, 0.717) is 22.0 Å². The highest BCUT2D eigenvalue weighted by atomic mass is 79.9. The third-order valence-corrected chi connectivity index (χ3v) is 3.81. The molecule has 0 fully saturated rings. The number of halogens is 1. The van der Waals surface area contributed by atoms with Crippen molar-refractivity contribution in [3.8, 4) is 0 Å². The summed E-state index contributed by atoms with van der Waals surface area (Å²) in [6.07, 6.45) is 0.622. The molecular formula is C16H19BrO4. The fraction of sp³-hybridized carbons (Fsp3) is 0.375. The molecule has 0 saturated heterocycles. The molecule has 0 saturated carbocycles. The summed E-state index contributed by atoms with van der Waals surface area (Å²) in [6, 6.07) is 6.73. The van der Waals surface area contributed by atoms with Crippen molar-refractivity contribution < 1.29 is 19.4 Å². The molecule has 0 radical (unpaired) electrons. The minimum absolute atomic E-state index is 0.0219. The van der Waals surface area contributed by atoms with Gasteiger partial charge in [-0.15, -0.1) is 0 Å². The van der Waals surface area contributed by atoms with Crippen LogP contribution in [0.15, 0.2) is 40.9 Å². The van der Waals surface area contributed by atoms with Gasteiger partial charge in [0.15, 0.2) is 5.41 Å².